The standard InChI is InChI=1S/C24H25N3O4/c1-3-9-22(28)25-16-21-17(2)31-24(27-21)19-12-7-8-13-20(19)26-23(29)14-15-30-18-10-5-4-6-11-18/h3-8,10-13H,1,9,14-16H2,2H3,(H,25,28)(H,26,29). The van der Waals surface area contributed by atoms with Crippen LogP contribution in [0.2, 0.25) is 0 Å². The van der Waals surface area contributed by atoms with Gasteiger partial charge in [-0.25, -0.2) is 4.98 Å². The lowest BCUT2D eigenvalue weighted by atomic mass is 10.1. The van der Waals surface area contributed by atoms with E-state index in [-0.39, 0.29) is 37.8 Å². The smallest absolute Gasteiger partial charge is 0.228 e. The van der Waals surface area contributed by atoms with E-state index in [2.05, 4.69) is 22.2 Å². The van der Waals surface area contributed by atoms with E-state index >= 15 is 0 Å². The lowest BCUT2D eigenvalue weighted by Crippen LogP contribution is -2.22. The van der Waals surface area contributed by atoms with Gasteiger partial charge in [0, 0.05) is 6.42 Å². The molecule has 2 N–H and O–H groups in total. The van der Waals surface area contributed by atoms with Crippen LogP contribution in [0.5, 0.6) is 5.75 Å². The van der Waals surface area contributed by atoms with E-state index < -0.39 is 0 Å². The number of nitrogens with zero attached hydrogens (tertiary/aromatic N) is 1. The lowest BCUT2D eigenvalue weighted by Gasteiger charge is -2.09. The summed E-state index contributed by atoms with van der Waals surface area (Å²) in [7, 11) is 0. The predicted molar refractivity (Wildman–Crippen MR) is 119 cm³/mol. The van der Waals surface area contributed by atoms with Crippen LogP contribution in [-0.4, -0.2) is 23.4 Å². The maximum atomic E-state index is 12.4. The van der Waals surface area contributed by atoms with Crippen LogP contribution in [0.3, 0.4) is 0 Å². The average Bonchev–Trinajstić information content (AvgIpc) is 3.14. The molecule has 7 heteroatoms. The second-order valence-electron chi connectivity index (χ2n) is 6.80. The van der Waals surface area contributed by atoms with Gasteiger partial charge in [0.15, 0.2) is 0 Å². The van der Waals surface area contributed by atoms with Gasteiger partial charge >= 0.3 is 0 Å². The Morgan fingerprint density at radius 3 is 2.61 bits per heavy atom. The lowest BCUT2D eigenvalue weighted by molar-refractivity contribution is -0.120. The van der Waals surface area contributed by atoms with Gasteiger partial charge in [0.1, 0.15) is 17.2 Å². The summed E-state index contributed by atoms with van der Waals surface area (Å²) in [5.74, 6) is 1.39. The van der Waals surface area contributed by atoms with E-state index in [0.29, 0.717) is 28.6 Å². The number of carbonyl (C=O) groups is 2. The summed E-state index contributed by atoms with van der Waals surface area (Å²) >= 11 is 0. The van der Waals surface area contributed by atoms with Crippen LogP contribution >= 0.6 is 0 Å². The molecule has 3 rings (SSSR count). The van der Waals surface area contributed by atoms with Crippen LogP contribution in [0.25, 0.3) is 11.5 Å². The molecule has 1 aromatic heterocycles. The summed E-state index contributed by atoms with van der Waals surface area (Å²) in [5.41, 5.74) is 1.88. The maximum Gasteiger partial charge on any atom is 0.228 e. The number of para-hydroxylation sites is 2. The molecular weight excluding hydrogens is 394 g/mol. The number of aryl methyl sites for hydroxylation is 1. The molecule has 0 atom stereocenters. The highest BCUT2D eigenvalue weighted by Crippen LogP contribution is 2.29. The third-order valence-corrected chi connectivity index (χ3v) is 4.45. The van der Waals surface area contributed by atoms with Crippen molar-refractivity contribution in [2.75, 3.05) is 11.9 Å². The highest BCUT2D eigenvalue weighted by molar-refractivity contribution is 5.94. The Hall–Kier alpha value is -3.87. The predicted octanol–water partition coefficient (Wildman–Crippen LogP) is 4.25. The number of rotatable bonds is 10. The zero-order chi connectivity index (χ0) is 22.1. The third-order valence-electron chi connectivity index (χ3n) is 4.45. The molecule has 0 bridgehead atoms. The van der Waals surface area contributed by atoms with Crippen LogP contribution in [0.1, 0.15) is 24.3 Å². The molecule has 1 heterocycles. The molecule has 2 amide bonds. The average molecular weight is 419 g/mol. The molecule has 7 nitrogen and oxygen atoms in total. The molecule has 0 aliphatic carbocycles. The molecule has 2 aromatic carbocycles. The van der Waals surface area contributed by atoms with Crippen molar-refractivity contribution < 1.29 is 18.7 Å². The van der Waals surface area contributed by atoms with Crippen LogP contribution in [0.15, 0.2) is 71.7 Å². The number of anilines is 1. The summed E-state index contributed by atoms with van der Waals surface area (Å²) in [6.07, 6.45) is 1.99. The van der Waals surface area contributed by atoms with Crippen LogP contribution in [0.4, 0.5) is 5.69 Å². The number of benzene rings is 2. The monoisotopic (exact) mass is 419 g/mol. The number of nitrogens with one attached hydrogen (secondary N) is 2. The molecule has 0 unspecified atom stereocenters. The molecule has 0 saturated carbocycles. The summed E-state index contributed by atoms with van der Waals surface area (Å²) in [6, 6.07) is 16.6. The van der Waals surface area contributed by atoms with E-state index in [1.807, 2.05) is 48.5 Å². The van der Waals surface area contributed by atoms with Gasteiger partial charge in [0.05, 0.1) is 30.8 Å². The summed E-state index contributed by atoms with van der Waals surface area (Å²) in [6.45, 7) is 5.86. The van der Waals surface area contributed by atoms with Gasteiger partial charge in [-0.3, -0.25) is 9.59 Å². The van der Waals surface area contributed by atoms with Crippen LogP contribution < -0.4 is 15.4 Å². The number of hydrogen-bond acceptors (Lipinski definition) is 5. The minimum atomic E-state index is -0.177. The Kier molecular flexibility index (Phi) is 7.59. The van der Waals surface area contributed by atoms with E-state index in [4.69, 9.17) is 9.15 Å². The highest BCUT2D eigenvalue weighted by Gasteiger charge is 2.16. The molecule has 0 spiro atoms. The highest BCUT2D eigenvalue weighted by atomic mass is 16.5. The number of oxazole rings is 1. The fourth-order valence-electron chi connectivity index (χ4n) is 2.86. The first-order chi connectivity index (χ1) is 15.1. The van der Waals surface area contributed by atoms with E-state index in [1.165, 1.54) is 0 Å². The van der Waals surface area contributed by atoms with Crippen LogP contribution in [-0.2, 0) is 16.1 Å². The van der Waals surface area contributed by atoms with Crippen molar-refractivity contribution in [3.05, 3.63) is 78.7 Å². The Labute approximate surface area is 181 Å². The number of ether oxygens (including phenoxy) is 1. The molecule has 160 valence electrons. The molecule has 0 radical (unpaired) electrons. The van der Waals surface area contributed by atoms with Crippen molar-refractivity contribution in [2.24, 2.45) is 0 Å². The summed E-state index contributed by atoms with van der Waals surface area (Å²) in [4.78, 5) is 28.6. The van der Waals surface area contributed by atoms with Gasteiger partial charge in [-0.15, -0.1) is 6.58 Å². The van der Waals surface area contributed by atoms with Gasteiger partial charge in [0.2, 0.25) is 17.7 Å². The van der Waals surface area contributed by atoms with E-state index in [1.54, 1.807) is 19.1 Å². The van der Waals surface area contributed by atoms with Crippen LogP contribution in [0, 0.1) is 6.92 Å². The van der Waals surface area contributed by atoms with Crippen molar-refractivity contribution >= 4 is 17.5 Å². The molecule has 3 aromatic rings. The number of hydrogen-bond donors (Lipinski definition) is 2. The number of carbonyl (C=O) groups excluding carboxylic acids is 2. The van der Waals surface area contributed by atoms with E-state index in [9.17, 15) is 9.59 Å². The Morgan fingerprint density at radius 1 is 1.10 bits per heavy atom. The largest absolute Gasteiger partial charge is 0.493 e. The normalized spacial score (nSPS) is 10.4. The molecule has 0 aliphatic rings. The summed E-state index contributed by atoms with van der Waals surface area (Å²) in [5, 5.41) is 5.66. The quantitative estimate of drug-likeness (QED) is 0.479. The first-order valence-electron chi connectivity index (χ1n) is 9.98. The van der Waals surface area contributed by atoms with Gasteiger partial charge in [0.25, 0.3) is 0 Å². The van der Waals surface area contributed by atoms with Gasteiger partial charge < -0.3 is 19.8 Å². The SMILES string of the molecule is C=CCC(=O)NCc1nc(-c2ccccc2NC(=O)CCOc2ccccc2)oc1C. The van der Waals surface area contributed by atoms with Crippen molar-refractivity contribution in [3.63, 3.8) is 0 Å². The van der Waals surface area contributed by atoms with Crippen molar-refractivity contribution in [1.29, 1.82) is 0 Å². The minimum absolute atomic E-state index is 0.135. The zero-order valence-corrected chi connectivity index (χ0v) is 17.4. The fourth-order valence-corrected chi connectivity index (χ4v) is 2.86. The van der Waals surface area contributed by atoms with Gasteiger partial charge in [-0.1, -0.05) is 36.4 Å². The first-order valence-corrected chi connectivity index (χ1v) is 9.98. The fraction of sp³-hybridized carbons (Fsp3) is 0.208. The molecular formula is C24H25N3O4. The zero-order valence-electron chi connectivity index (χ0n) is 17.4. The molecule has 0 fully saturated rings. The molecule has 31 heavy (non-hydrogen) atoms. The van der Waals surface area contributed by atoms with Crippen molar-refractivity contribution in [2.45, 2.75) is 26.3 Å². The Morgan fingerprint density at radius 2 is 1.84 bits per heavy atom. The van der Waals surface area contributed by atoms with Crippen molar-refractivity contribution in [1.82, 2.24) is 10.3 Å². The second kappa shape index (κ2) is 10.8. The van der Waals surface area contributed by atoms with Crippen molar-refractivity contribution in [3.8, 4) is 17.2 Å². The Balaban J connectivity index is 1.63. The second-order valence-corrected chi connectivity index (χ2v) is 6.80. The minimum Gasteiger partial charge on any atom is -0.493 e. The number of amides is 2. The first kappa shape index (κ1) is 21.8. The topological polar surface area (TPSA) is 93.5 Å². The maximum absolute atomic E-state index is 12.4. The summed E-state index contributed by atoms with van der Waals surface area (Å²) < 4.78 is 11.4. The molecule has 0 saturated heterocycles. The van der Waals surface area contributed by atoms with Gasteiger partial charge in [-0.05, 0) is 31.2 Å². The Bertz CT molecular complexity index is 1040. The van der Waals surface area contributed by atoms with Gasteiger partial charge in [-0.2, -0.15) is 0 Å². The molecule has 0 aliphatic heterocycles. The third kappa shape index (κ3) is 6.30. The van der Waals surface area contributed by atoms with E-state index in [0.717, 1.165) is 5.75 Å². The number of aromatic nitrogens is 1.